The fourth-order valence-corrected chi connectivity index (χ4v) is 3.29. The van der Waals surface area contributed by atoms with Gasteiger partial charge in [-0.15, -0.1) is 0 Å². The van der Waals surface area contributed by atoms with Gasteiger partial charge in [-0.05, 0) is 49.2 Å². The molecule has 0 radical (unpaired) electrons. The number of pyridine rings is 1. The first-order valence-electron chi connectivity index (χ1n) is 8.07. The van der Waals surface area contributed by atoms with Crippen LogP contribution in [0.4, 0.5) is 4.39 Å². The van der Waals surface area contributed by atoms with Gasteiger partial charge in [-0.3, -0.25) is 0 Å². The molecule has 4 rings (SSSR count). The first kappa shape index (κ1) is 14.3. The average Bonchev–Trinajstić information content (AvgIpc) is 3.17. The molecule has 1 unspecified atom stereocenters. The molecule has 1 fully saturated rings. The molecule has 1 saturated heterocycles. The largest absolute Gasteiger partial charge is 0.312 e. The van der Waals surface area contributed by atoms with E-state index in [1.807, 2.05) is 18.2 Å². The quantitative estimate of drug-likeness (QED) is 0.806. The maximum Gasteiger partial charge on any atom is 0.160 e. The molecular weight excluding hydrogens is 291 g/mol. The van der Waals surface area contributed by atoms with E-state index in [0.717, 1.165) is 35.6 Å². The lowest BCUT2D eigenvalue weighted by Crippen LogP contribution is -2.27. The molecule has 1 atom stereocenters. The second-order valence-electron chi connectivity index (χ2n) is 6.08. The van der Waals surface area contributed by atoms with Crippen molar-refractivity contribution in [2.45, 2.75) is 31.8 Å². The van der Waals surface area contributed by atoms with Crippen LogP contribution < -0.4 is 5.32 Å². The third-order valence-corrected chi connectivity index (χ3v) is 4.40. The Labute approximate surface area is 134 Å². The Morgan fingerprint density at radius 2 is 2.22 bits per heavy atom. The van der Waals surface area contributed by atoms with E-state index >= 15 is 0 Å². The fraction of sp³-hybridized carbons (Fsp3) is 0.333. The number of halogens is 1. The molecule has 1 aliphatic heterocycles. The molecule has 1 N–H and O–H groups in total. The first-order valence-corrected chi connectivity index (χ1v) is 8.07. The van der Waals surface area contributed by atoms with Crippen molar-refractivity contribution in [1.29, 1.82) is 0 Å². The Balaban J connectivity index is 1.72. The van der Waals surface area contributed by atoms with Crippen molar-refractivity contribution in [3.8, 4) is 0 Å². The van der Waals surface area contributed by atoms with Crippen molar-refractivity contribution in [2.24, 2.45) is 0 Å². The Hall–Kier alpha value is -2.27. The molecule has 1 aromatic carbocycles. The molecule has 0 aliphatic carbocycles. The number of hydrogen-bond acceptors (Lipinski definition) is 3. The highest BCUT2D eigenvalue weighted by atomic mass is 19.1. The molecule has 0 saturated carbocycles. The standard InChI is InChI=1S/C18H19FN4/c19-14-5-1-4-13(10-14)11-17-22-16-7-3-9-21-18(16)23(17)12-15-6-2-8-20-15/h1,3-5,7,9-10,15,20H,2,6,8,11-12H2. The zero-order valence-corrected chi connectivity index (χ0v) is 12.9. The van der Waals surface area contributed by atoms with E-state index in [0.29, 0.717) is 12.5 Å². The lowest BCUT2D eigenvalue weighted by atomic mass is 10.1. The number of aromatic nitrogens is 3. The molecule has 0 amide bonds. The highest BCUT2D eigenvalue weighted by Crippen LogP contribution is 2.19. The molecular formula is C18H19FN4. The van der Waals surface area contributed by atoms with Crippen molar-refractivity contribution in [2.75, 3.05) is 6.54 Å². The van der Waals surface area contributed by atoms with Gasteiger partial charge in [-0.1, -0.05) is 12.1 Å². The summed E-state index contributed by atoms with van der Waals surface area (Å²) in [5.74, 6) is 0.735. The highest BCUT2D eigenvalue weighted by Gasteiger charge is 2.19. The minimum absolute atomic E-state index is 0.208. The van der Waals surface area contributed by atoms with E-state index in [9.17, 15) is 4.39 Å². The summed E-state index contributed by atoms with van der Waals surface area (Å²) in [6.45, 7) is 1.93. The van der Waals surface area contributed by atoms with Crippen LogP contribution in [-0.2, 0) is 13.0 Å². The van der Waals surface area contributed by atoms with Gasteiger partial charge in [0.15, 0.2) is 5.65 Å². The van der Waals surface area contributed by atoms with Crippen LogP contribution in [0.1, 0.15) is 24.2 Å². The van der Waals surface area contributed by atoms with Crippen LogP contribution in [0.3, 0.4) is 0 Å². The molecule has 1 aliphatic rings. The smallest absolute Gasteiger partial charge is 0.160 e. The van der Waals surface area contributed by atoms with E-state index < -0.39 is 0 Å². The Kier molecular flexibility index (Phi) is 3.79. The van der Waals surface area contributed by atoms with Crippen LogP contribution in [0, 0.1) is 5.82 Å². The van der Waals surface area contributed by atoms with Gasteiger partial charge in [-0.2, -0.15) is 0 Å². The summed E-state index contributed by atoms with van der Waals surface area (Å²) in [5, 5.41) is 3.52. The zero-order chi connectivity index (χ0) is 15.6. The van der Waals surface area contributed by atoms with Gasteiger partial charge < -0.3 is 9.88 Å². The molecule has 23 heavy (non-hydrogen) atoms. The monoisotopic (exact) mass is 310 g/mol. The number of imidazole rings is 1. The van der Waals surface area contributed by atoms with Gasteiger partial charge in [-0.25, -0.2) is 14.4 Å². The average molecular weight is 310 g/mol. The van der Waals surface area contributed by atoms with Crippen LogP contribution >= 0.6 is 0 Å². The molecule has 3 aromatic rings. The third kappa shape index (κ3) is 2.97. The number of rotatable bonds is 4. The van der Waals surface area contributed by atoms with Crippen molar-refractivity contribution in [3.63, 3.8) is 0 Å². The van der Waals surface area contributed by atoms with E-state index in [-0.39, 0.29) is 5.82 Å². The van der Waals surface area contributed by atoms with E-state index in [1.54, 1.807) is 18.3 Å². The van der Waals surface area contributed by atoms with Gasteiger partial charge in [0.05, 0.1) is 0 Å². The SMILES string of the molecule is Fc1cccc(Cc2nc3cccnc3n2CC2CCCN2)c1. The van der Waals surface area contributed by atoms with Crippen molar-refractivity contribution < 1.29 is 4.39 Å². The molecule has 0 spiro atoms. The minimum atomic E-state index is -0.208. The molecule has 118 valence electrons. The third-order valence-electron chi connectivity index (χ3n) is 4.40. The number of nitrogens with zero attached hydrogens (tertiary/aromatic N) is 3. The maximum absolute atomic E-state index is 13.5. The number of hydrogen-bond donors (Lipinski definition) is 1. The molecule has 5 heteroatoms. The van der Waals surface area contributed by atoms with E-state index in [4.69, 9.17) is 4.98 Å². The Morgan fingerprint density at radius 1 is 1.26 bits per heavy atom. The van der Waals surface area contributed by atoms with Crippen LogP contribution in [0.5, 0.6) is 0 Å². The van der Waals surface area contributed by atoms with Gasteiger partial charge in [0.25, 0.3) is 0 Å². The van der Waals surface area contributed by atoms with Crippen molar-refractivity contribution >= 4 is 11.2 Å². The molecule has 2 aromatic heterocycles. The van der Waals surface area contributed by atoms with Crippen LogP contribution in [-0.4, -0.2) is 27.1 Å². The first-order chi connectivity index (χ1) is 11.3. The number of benzene rings is 1. The molecule has 0 bridgehead atoms. The predicted molar refractivity (Wildman–Crippen MR) is 87.8 cm³/mol. The minimum Gasteiger partial charge on any atom is -0.312 e. The Bertz CT molecular complexity index is 821. The summed E-state index contributed by atoms with van der Waals surface area (Å²) >= 11 is 0. The number of fused-ring (bicyclic) bond motifs is 1. The van der Waals surface area contributed by atoms with Gasteiger partial charge in [0.2, 0.25) is 0 Å². The lowest BCUT2D eigenvalue weighted by Gasteiger charge is -2.14. The van der Waals surface area contributed by atoms with Crippen molar-refractivity contribution in [1.82, 2.24) is 19.9 Å². The fourth-order valence-electron chi connectivity index (χ4n) is 3.29. The lowest BCUT2D eigenvalue weighted by molar-refractivity contribution is 0.505. The van der Waals surface area contributed by atoms with Crippen LogP contribution in [0.15, 0.2) is 42.6 Å². The van der Waals surface area contributed by atoms with E-state index in [2.05, 4.69) is 14.9 Å². The summed E-state index contributed by atoms with van der Waals surface area (Å²) in [5.41, 5.74) is 2.74. The van der Waals surface area contributed by atoms with Gasteiger partial charge in [0, 0.05) is 25.2 Å². The van der Waals surface area contributed by atoms with Gasteiger partial charge in [0.1, 0.15) is 17.2 Å². The summed E-state index contributed by atoms with van der Waals surface area (Å²) in [6.07, 6.45) is 4.80. The van der Waals surface area contributed by atoms with E-state index in [1.165, 1.54) is 18.9 Å². The summed E-state index contributed by atoms with van der Waals surface area (Å²) in [7, 11) is 0. The van der Waals surface area contributed by atoms with Crippen molar-refractivity contribution in [3.05, 3.63) is 59.8 Å². The summed E-state index contributed by atoms with van der Waals surface area (Å²) < 4.78 is 15.6. The second-order valence-corrected chi connectivity index (χ2v) is 6.08. The maximum atomic E-state index is 13.5. The number of nitrogens with one attached hydrogen (secondary N) is 1. The molecule has 4 nitrogen and oxygen atoms in total. The normalized spacial score (nSPS) is 17.9. The zero-order valence-electron chi connectivity index (χ0n) is 12.9. The highest BCUT2D eigenvalue weighted by molar-refractivity contribution is 5.71. The van der Waals surface area contributed by atoms with Crippen LogP contribution in [0.2, 0.25) is 0 Å². The predicted octanol–water partition coefficient (Wildman–Crippen LogP) is 2.91. The van der Waals surface area contributed by atoms with Gasteiger partial charge >= 0.3 is 0 Å². The second kappa shape index (κ2) is 6.08. The summed E-state index contributed by atoms with van der Waals surface area (Å²) in [6, 6.07) is 11.1. The van der Waals surface area contributed by atoms with Crippen LogP contribution in [0.25, 0.3) is 11.2 Å². The molecule has 3 heterocycles. The Morgan fingerprint density at radius 3 is 3.04 bits per heavy atom. The topological polar surface area (TPSA) is 42.7 Å². The summed E-state index contributed by atoms with van der Waals surface area (Å²) in [4.78, 5) is 9.23.